The average molecular weight is 191 g/mol. The quantitative estimate of drug-likeness (QED) is 0.761. The van der Waals surface area contributed by atoms with Gasteiger partial charge >= 0.3 is 0 Å². The normalized spacial score (nSPS) is 20.4. The lowest BCUT2D eigenvalue weighted by Gasteiger charge is -2.20. The van der Waals surface area contributed by atoms with Crippen LogP contribution in [0.5, 0.6) is 0 Å². The molecular weight excluding hydrogens is 174 g/mol. The first-order chi connectivity index (χ1) is 6.77. The molecule has 0 saturated heterocycles. The van der Waals surface area contributed by atoms with Gasteiger partial charge in [0.25, 0.3) is 0 Å². The van der Waals surface area contributed by atoms with Crippen molar-refractivity contribution in [1.29, 1.82) is 0 Å². The molecule has 14 heavy (non-hydrogen) atoms. The zero-order valence-electron chi connectivity index (χ0n) is 8.48. The van der Waals surface area contributed by atoms with Gasteiger partial charge in [0.2, 0.25) is 0 Å². The average Bonchev–Trinajstić information content (AvgIpc) is 3.02. The van der Waals surface area contributed by atoms with Crippen molar-refractivity contribution in [2.24, 2.45) is 0 Å². The van der Waals surface area contributed by atoms with Crippen LogP contribution in [0.25, 0.3) is 0 Å². The van der Waals surface area contributed by atoms with Gasteiger partial charge in [0.05, 0.1) is 6.10 Å². The molecule has 0 radical (unpaired) electrons. The van der Waals surface area contributed by atoms with Gasteiger partial charge < -0.3 is 10.4 Å². The van der Waals surface area contributed by atoms with E-state index in [0.717, 1.165) is 5.56 Å². The monoisotopic (exact) mass is 191 g/mol. The van der Waals surface area contributed by atoms with Gasteiger partial charge in [0.15, 0.2) is 0 Å². The van der Waals surface area contributed by atoms with Crippen LogP contribution in [0.1, 0.15) is 31.4 Å². The van der Waals surface area contributed by atoms with E-state index in [1.165, 1.54) is 12.8 Å². The first kappa shape index (κ1) is 9.69. The number of rotatable bonds is 4. The lowest BCUT2D eigenvalue weighted by atomic mass is 10.0. The highest BCUT2D eigenvalue weighted by molar-refractivity contribution is 5.18. The van der Waals surface area contributed by atoms with Crippen LogP contribution in [0.15, 0.2) is 30.3 Å². The molecule has 0 aromatic heterocycles. The maximum atomic E-state index is 10.0. The summed E-state index contributed by atoms with van der Waals surface area (Å²) >= 11 is 0. The molecule has 0 heterocycles. The molecule has 1 aromatic carbocycles. The second-order valence-corrected chi connectivity index (χ2v) is 4.09. The summed E-state index contributed by atoms with van der Waals surface area (Å²) in [5.41, 5.74) is 0.994. The zero-order valence-corrected chi connectivity index (χ0v) is 8.48. The van der Waals surface area contributed by atoms with Crippen LogP contribution in [-0.4, -0.2) is 17.2 Å². The van der Waals surface area contributed by atoms with Crippen LogP contribution in [0, 0.1) is 0 Å². The third kappa shape index (κ3) is 2.34. The van der Waals surface area contributed by atoms with Gasteiger partial charge in [-0.2, -0.15) is 0 Å². The van der Waals surface area contributed by atoms with Crippen molar-refractivity contribution >= 4 is 0 Å². The summed E-state index contributed by atoms with van der Waals surface area (Å²) in [4.78, 5) is 0. The van der Waals surface area contributed by atoms with Crippen LogP contribution >= 0.6 is 0 Å². The topological polar surface area (TPSA) is 32.3 Å². The Morgan fingerprint density at radius 2 is 1.93 bits per heavy atom. The molecule has 0 aliphatic heterocycles. The summed E-state index contributed by atoms with van der Waals surface area (Å²) < 4.78 is 0. The van der Waals surface area contributed by atoms with Crippen molar-refractivity contribution in [3.05, 3.63) is 35.9 Å². The SMILES string of the molecule is CC(NC1CC1)C(O)c1ccccc1. The summed E-state index contributed by atoms with van der Waals surface area (Å²) in [7, 11) is 0. The summed E-state index contributed by atoms with van der Waals surface area (Å²) in [5.74, 6) is 0. The fourth-order valence-electron chi connectivity index (χ4n) is 1.65. The van der Waals surface area contributed by atoms with E-state index in [0.29, 0.717) is 6.04 Å². The Labute approximate surface area is 85.0 Å². The van der Waals surface area contributed by atoms with Crippen LogP contribution in [0.2, 0.25) is 0 Å². The van der Waals surface area contributed by atoms with E-state index in [1.807, 2.05) is 37.3 Å². The maximum absolute atomic E-state index is 10.0. The van der Waals surface area contributed by atoms with Gasteiger partial charge in [-0.25, -0.2) is 0 Å². The lowest BCUT2D eigenvalue weighted by molar-refractivity contribution is 0.135. The maximum Gasteiger partial charge on any atom is 0.0940 e. The van der Waals surface area contributed by atoms with Gasteiger partial charge in [-0.05, 0) is 25.3 Å². The Morgan fingerprint density at radius 3 is 2.50 bits per heavy atom. The summed E-state index contributed by atoms with van der Waals surface area (Å²) in [5, 5.41) is 13.4. The Morgan fingerprint density at radius 1 is 1.29 bits per heavy atom. The van der Waals surface area contributed by atoms with E-state index in [2.05, 4.69) is 5.32 Å². The predicted molar refractivity (Wildman–Crippen MR) is 57.0 cm³/mol. The predicted octanol–water partition coefficient (Wildman–Crippen LogP) is 1.86. The second-order valence-electron chi connectivity index (χ2n) is 4.09. The van der Waals surface area contributed by atoms with E-state index >= 15 is 0 Å². The number of hydrogen-bond acceptors (Lipinski definition) is 2. The standard InChI is InChI=1S/C12H17NO/c1-9(13-11-7-8-11)12(14)10-5-3-2-4-6-10/h2-6,9,11-14H,7-8H2,1H3. The van der Waals surface area contributed by atoms with Crippen molar-refractivity contribution in [1.82, 2.24) is 5.32 Å². The van der Waals surface area contributed by atoms with Gasteiger partial charge in [0.1, 0.15) is 0 Å². The van der Waals surface area contributed by atoms with Crippen molar-refractivity contribution in [2.75, 3.05) is 0 Å². The van der Waals surface area contributed by atoms with Crippen LogP contribution in [0.3, 0.4) is 0 Å². The molecule has 1 aliphatic rings. The molecule has 1 aliphatic carbocycles. The molecule has 2 unspecified atom stereocenters. The molecule has 0 bridgehead atoms. The number of aliphatic hydroxyl groups is 1. The Kier molecular flexibility index (Phi) is 2.85. The molecule has 76 valence electrons. The largest absolute Gasteiger partial charge is 0.387 e. The van der Waals surface area contributed by atoms with E-state index in [9.17, 15) is 5.11 Å². The van der Waals surface area contributed by atoms with Gasteiger partial charge in [0, 0.05) is 12.1 Å². The van der Waals surface area contributed by atoms with Crippen LogP contribution in [-0.2, 0) is 0 Å². The van der Waals surface area contributed by atoms with Gasteiger partial charge in [-0.15, -0.1) is 0 Å². The highest BCUT2D eigenvalue weighted by Crippen LogP contribution is 2.23. The van der Waals surface area contributed by atoms with Crippen molar-refractivity contribution < 1.29 is 5.11 Å². The summed E-state index contributed by atoms with van der Waals surface area (Å²) in [6.45, 7) is 2.04. The zero-order chi connectivity index (χ0) is 9.97. The number of hydrogen-bond donors (Lipinski definition) is 2. The highest BCUT2D eigenvalue weighted by atomic mass is 16.3. The minimum Gasteiger partial charge on any atom is -0.387 e. The molecule has 2 rings (SSSR count). The molecule has 0 amide bonds. The van der Waals surface area contributed by atoms with Gasteiger partial charge in [-0.3, -0.25) is 0 Å². The summed E-state index contributed by atoms with van der Waals surface area (Å²) in [6, 6.07) is 10.6. The van der Waals surface area contributed by atoms with E-state index in [4.69, 9.17) is 0 Å². The molecule has 2 nitrogen and oxygen atoms in total. The lowest BCUT2D eigenvalue weighted by Crippen LogP contribution is -2.33. The molecular formula is C12H17NO. The van der Waals surface area contributed by atoms with E-state index < -0.39 is 6.10 Å². The minimum atomic E-state index is -0.392. The molecule has 2 atom stereocenters. The molecule has 1 fully saturated rings. The molecule has 1 aromatic rings. The third-order valence-corrected chi connectivity index (χ3v) is 2.69. The Balaban J connectivity index is 1.96. The number of benzene rings is 1. The van der Waals surface area contributed by atoms with Crippen molar-refractivity contribution in [2.45, 2.75) is 38.0 Å². The molecule has 2 heteroatoms. The molecule has 0 spiro atoms. The number of nitrogens with one attached hydrogen (secondary N) is 1. The first-order valence-corrected chi connectivity index (χ1v) is 5.26. The minimum absolute atomic E-state index is 0.143. The Hall–Kier alpha value is -0.860. The van der Waals surface area contributed by atoms with Crippen molar-refractivity contribution in [3.8, 4) is 0 Å². The second kappa shape index (κ2) is 4.11. The van der Waals surface area contributed by atoms with E-state index in [-0.39, 0.29) is 6.04 Å². The van der Waals surface area contributed by atoms with Gasteiger partial charge in [-0.1, -0.05) is 30.3 Å². The fourth-order valence-corrected chi connectivity index (χ4v) is 1.65. The first-order valence-electron chi connectivity index (χ1n) is 5.26. The highest BCUT2D eigenvalue weighted by Gasteiger charge is 2.26. The summed E-state index contributed by atoms with van der Waals surface area (Å²) in [6.07, 6.45) is 2.12. The third-order valence-electron chi connectivity index (χ3n) is 2.69. The molecule has 2 N–H and O–H groups in total. The molecule has 1 saturated carbocycles. The fraction of sp³-hybridized carbons (Fsp3) is 0.500. The van der Waals surface area contributed by atoms with Crippen LogP contribution in [0.4, 0.5) is 0 Å². The van der Waals surface area contributed by atoms with Crippen molar-refractivity contribution in [3.63, 3.8) is 0 Å². The number of aliphatic hydroxyl groups excluding tert-OH is 1. The van der Waals surface area contributed by atoms with E-state index in [1.54, 1.807) is 0 Å². The smallest absolute Gasteiger partial charge is 0.0940 e. The van der Waals surface area contributed by atoms with Crippen LogP contribution < -0.4 is 5.32 Å². The Bertz CT molecular complexity index is 282.